The average molecular weight is 1900 g/mol. The maximum atomic E-state index is 14.7. The van der Waals surface area contributed by atoms with Crippen LogP contribution in [0, 0.1) is 34.5 Å². The molecule has 3 rings (SSSR count). The number of carboxylic acid groups (broad SMARTS) is 4. The van der Waals surface area contributed by atoms with Gasteiger partial charge in [-0.25, -0.2) is 14.6 Å². The van der Waals surface area contributed by atoms with E-state index in [1.807, 2.05) is 0 Å². The first kappa shape index (κ1) is 115. The van der Waals surface area contributed by atoms with E-state index in [4.69, 9.17) is 54.5 Å². The van der Waals surface area contributed by atoms with Gasteiger partial charge in [-0.3, -0.25) is 97.1 Å². The summed E-state index contributed by atoms with van der Waals surface area (Å²) in [6.07, 6.45) is -6.82. The molecule has 133 heavy (non-hydrogen) atoms. The van der Waals surface area contributed by atoms with Gasteiger partial charge in [-0.15, -0.1) is 0 Å². The number of benzene rings is 1. The Balaban J connectivity index is 0.00000819. The largest absolute Gasteiger partial charge is 0.490 e. The molecule has 0 radical (unpaired) electrons. The molecule has 1 aromatic heterocycles. The second kappa shape index (κ2) is 58.0. The zero-order valence-electron chi connectivity index (χ0n) is 74.8. The normalized spacial score (nSPS) is 15.4. The fourth-order valence-corrected chi connectivity index (χ4v) is 13.0. The number of alkyl halides is 3. The number of aliphatic hydroxyl groups excluding tert-OH is 1. The molecule has 1 aliphatic heterocycles. The van der Waals surface area contributed by atoms with Crippen LogP contribution in [-0.2, 0) is 109 Å². The number of aliphatic carboxylic acids is 4. The Morgan fingerprint density at radius 1 is 0.511 bits per heavy atom. The van der Waals surface area contributed by atoms with E-state index < -0.39 is 278 Å². The number of imidazole rings is 1. The number of carbonyl (C=O) groups excluding carboxylic acids is 16. The van der Waals surface area contributed by atoms with Gasteiger partial charge in [0.2, 0.25) is 94.5 Å². The van der Waals surface area contributed by atoms with Crippen molar-refractivity contribution in [1.29, 1.82) is 10.8 Å². The number of amides is 16. The molecule has 2 aromatic rings. The number of primary amides is 2. The molecule has 742 valence electrons. The number of nitrogens with one attached hydrogen (secondary N) is 18. The first-order chi connectivity index (χ1) is 62.2. The lowest BCUT2D eigenvalue weighted by molar-refractivity contribution is -0.192. The zero-order valence-corrected chi connectivity index (χ0v) is 74.8. The number of carbonyl (C=O) groups is 20. The van der Waals surface area contributed by atoms with Gasteiger partial charge in [0.25, 0.3) is 0 Å². The molecule has 1 fully saturated rings. The molecular formula is C80H126F3N25O25. The number of H-pyrrole nitrogens is 1. The molecule has 0 unspecified atom stereocenters. The number of carboxylic acids is 4. The van der Waals surface area contributed by atoms with Crippen LogP contribution in [0.4, 0.5) is 13.2 Å². The predicted molar refractivity (Wildman–Crippen MR) is 463 cm³/mol. The molecule has 0 bridgehead atoms. The Morgan fingerprint density at radius 3 is 1.47 bits per heavy atom. The van der Waals surface area contributed by atoms with Gasteiger partial charge in [-0.05, 0) is 93.4 Å². The highest BCUT2D eigenvalue weighted by Gasteiger charge is 2.43. The third kappa shape index (κ3) is 44.0. The third-order valence-corrected chi connectivity index (χ3v) is 20.1. The van der Waals surface area contributed by atoms with E-state index in [2.05, 4.69) is 89.7 Å². The molecule has 33 N–H and O–H groups in total. The molecule has 53 heteroatoms. The fraction of sp³-hybridized carbons (Fsp3) is 0.613. The average Bonchev–Trinajstić information content (AvgIpc) is 1.74. The number of nitrogens with two attached hydrogens (primary N) is 5. The number of nitrogens with zero attached hydrogens (tertiary/aromatic N) is 2. The Labute approximate surface area is 762 Å². The van der Waals surface area contributed by atoms with Gasteiger partial charge in [0.15, 0.2) is 11.9 Å². The number of guanidine groups is 2. The highest BCUT2D eigenvalue weighted by Crippen LogP contribution is 2.23. The lowest BCUT2D eigenvalue weighted by Gasteiger charge is -2.31. The van der Waals surface area contributed by atoms with Gasteiger partial charge in [-0.2, -0.15) is 13.2 Å². The van der Waals surface area contributed by atoms with Gasteiger partial charge in [0.05, 0.1) is 44.1 Å². The first-order valence-electron chi connectivity index (χ1n) is 42.5. The van der Waals surface area contributed by atoms with Crippen molar-refractivity contribution in [3.63, 3.8) is 0 Å². The quantitative estimate of drug-likeness (QED) is 0.0166. The van der Waals surface area contributed by atoms with E-state index in [0.29, 0.717) is 5.56 Å². The van der Waals surface area contributed by atoms with Gasteiger partial charge < -0.3 is 144 Å². The van der Waals surface area contributed by atoms with E-state index in [0.717, 1.165) is 0 Å². The van der Waals surface area contributed by atoms with Crippen LogP contribution in [0.25, 0.3) is 0 Å². The summed E-state index contributed by atoms with van der Waals surface area (Å²) in [7, 11) is 0. The number of halogens is 3. The monoisotopic (exact) mass is 1890 g/mol. The predicted octanol–water partition coefficient (Wildman–Crippen LogP) is -7.04. The minimum atomic E-state index is -5.08. The van der Waals surface area contributed by atoms with Crippen molar-refractivity contribution in [2.75, 3.05) is 32.8 Å². The SMILES string of the molecule is CC[C@H](C)[C@H](NC(=O)[C@H](CO)NC(=O)[C@H](CCC(N)=O)NC(=O)[C@H](CC(=O)O)NC(=O)[C@H](CC(C)C)NC(=O)[C@H](Cc1c[nH]cn1)NC(=O)[C@@H](NC(=O)[C@@H]1CCCN1C(=O)[C@H](CC(C)C)NC(=O)CNC(=O)[C@H](CC(N)=O)NC(=O)[C@@H](N)CCC(=O)O)C(C)C)C(=O)N[C@@H](Cc1ccccc1)C(=O)N[C@@H](CCCNC(=N)N)C(=O)N[C@@H](CCCNC(=N)N)C(=O)O.O=C(O)C(F)(F)F. The van der Waals surface area contributed by atoms with E-state index in [1.54, 1.807) is 78.8 Å². The standard InChI is InChI=1S/C78H125N25O23.C2HF3O2/c1-9-41(8)62(74(123)98-49(30-42-16-11-10-12-17-42)68(117)92-45(18-13-25-87-77(82)83)65(114)94-47(76(125)126)19-14-26-88-78(84)85)102-71(120)54(36-104)100-66(115)46(22-23-56(80)105)93-70(119)52(33-60(110)111)97-67(116)48(28-38(2)3)96-69(118)50(31-43-34-86-37-90-43)99-73(122)61(40(6)7)101-72(121)55-20-15-27-103(55)75(124)53(29-39(4)5)91-58(107)35-89-64(113)51(32-57(81)106)95-63(112)44(79)21-24-59(108)109;3-2(4,5)1(6)7/h10-12,16-17,34,37-41,44-55,61-62,104H,9,13-15,18-33,35-36,79H2,1-8H3,(H2,80,105)(H2,81,106)(H,86,90)(H,89,113)(H,91,107)(H,92,117)(H,93,119)(H,94,114)(H,95,112)(H,96,118)(H,97,116)(H,98,123)(H,99,122)(H,100,115)(H,101,121)(H,102,120)(H,108,109)(H,110,111)(H,125,126)(H4,82,83,87)(H4,84,85,88);(H,6,7)/t41-,44-,45-,46-,47-,48-,49-,50-,51-,52-,53-,54-,55-,61-,62-;/m0./s1. The van der Waals surface area contributed by atoms with Crippen molar-refractivity contribution < 1.29 is 135 Å². The van der Waals surface area contributed by atoms with Gasteiger partial charge in [0.1, 0.15) is 78.5 Å². The van der Waals surface area contributed by atoms with Gasteiger partial charge >= 0.3 is 30.1 Å². The first-order valence-corrected chi connectivity index (χ1v) is 42.5. The van der Waals surface area contributed by atoms with E-state index in [1.165, 1.54) is 24.3 Å². The summed E-state index contributed by atoms with van der Waals surface area (Å²) in [5.41, 5.74) is 28.0. The Morgan fingerprint density at radius 2 is 0.977 bits per heavy atom. The second-order valence-electron chi connectivity index (χ2n) is 32.5. The summed E-state index contributed by atoms with van der Waals surface area (Å²) in [5.74, 6) is -26.6. The van der Waals surface area contributed by atoms with Gasteiger partial charge in [0, 0.05) is 51.5 Å². The Kier molecular flexibility index (Phi) is 50.2. The summed E-state index contributed by atoms with van der Waals surface area (Å²) in [5, 5.41) is 98.8. The molecule has 0 aliphatic carbocycles. The van der Waals surface area contributed by atoms with Crippen molar-refractivity contribution in [2.45, 2.75) is 255 Å². The molecule has 15 atom stereocenters. The van der Waals surface area contributed by atoms with E-state index in [-0.39, 0.29) is 114 Å². The number of hydrogen-bond donors (Lipinski definition) is 28. The lowest BCUT2D eigenvalue weighted by Crippen LogP contribution is -2.62. The second-order valence-corrected chi connectivity index (χ2v) is 32.5. The topological polar surface area (TPSA) is 833 Å². The summed E-state index contributed by atoms with van der Waals surface area (Å²) in [4.78, 5) is 275. The molecule has 0 saturated carbocycles. The maximum absolute atomic E-state index is 14.7. The molecule has 1 saturated heterocycles. The number of rotatable bonds is 58. The van der Waals surface area contributed by atoms with Gasteiger partial charge in [-0.1, -0.05) is 92.1 Å². The third-order valence-electron chi connectivity index (χ3n) is 20.1. The summed E-state index contributed by atoms with van der Waals surface area (Å²) in [6.45, 7) is 11.2. The molecule has 1 aromatic carbocycles. The highest BCUT2D eigenvalue weighted by atomic mass is 19.4. The van der Waals surface area contributed by atoms with Crippen LogP contribution in [0.2, 0.25) is 0 Å². The van der Waals surface area contributed by atoms with Crippen molar-refractivity contribution >= 4 is 130 Å². The van der Waals surface area contributed by atoms with Crippen LogP contribution in [0.5, 0.6) is 0 Å². The van der Waals surface area contributed by atoms with Crippen LogP contribution in [0.15, 0.2) is 42.9 Å². The Bertz CT molecular complexity index is 4340. The van der Waals surface area contributed by atoms with Crippen LogP contribution >= 0.6 is 0 Å². The van der Waals surface area contributed by atoms with E-state index in [9.17, 15) is 120 Å². The van der Waals surface area contributed by atoms with Crippen LogP contribution in [0.3, 0.4) is 0 Å². The molecule has 50 nitrogen and oxygen atoms in total. The maximum Gasteiger partial charge on any atom is 0.490 e. The minimum absolute atomic E-state index is 0.00956. The van der Waals surface area contributed by atoms with E-state index >= 15 is 0 Å². The van der Waals surface area contributed by atoms with Crippen molar-refractivity contribution in [1.82, 2.24) is 94.6 Å². The lowest BCUT2D eigenvalue weighted by atomic mass is 9.96. The van der Waals surface area contributed by atoms with Crippen molar-refractivity contribution in [3.05, 3.63) is 54.1 Å². The smallest absolute Gasteiger partial charge is 0.481 e. The summed E-state index contributed by atoms with van der Waals surface area (Å²) in [6, 6.07) is -14.1. The van der Waals surface area contributed by atoms with Crippen LogP contribution in [0.1, 0.15) is 163 Å². The number of likely N-dealkylation sites (tertiary alicyclic amines) is 1. The molecule has 1 aliphatic rings. The Hall–Kier alpha value is -13.9. The summed E-state index contributed by atoms with van der Waals surface area (Å²) >= 11 is 0. The fourth-order valence-electron chi connectivity index (χ4n) is 13.0. The molecule has 2 heterocycles. The molecular weight excluding hydrogens is 1770 g/mol. The highest BCUT2D eigenvalue weighted by molar-refractivity contribution is 6.02. The summed E-state index contributed by atoms with van der Waals surface area (Å²) < 4.78 is 31.7. The van der Waals surface area contributed by atoms with Crippen molar-refractivity contribution in [2.24, 2.45) is 52.3 Å². The molecule has 16 amide bonds. The number of hydrogen-bond acceptors (Lipinski definition) is 25. The van der Waals surface area contributed by atoms with Crippen LogP contribution in [-0.4, -0.2) is 294 Å². The number of aromatic amines is 1. The molecule has 0 spiro atoms. The zero-order chi connectivity index (χ0) is 101. The minimum Gasteiger partial charge on any atom is -0.481 e. The number of aromatic nitrogens is 2. The van der Waals surface area contributed by atoms with Crippen LogP contribution < -0.4 is 108 Å². The van der Waals surface area contributed by atoms with Crippen molar-refractivity contribution in [3.8, 4) is 0 Å². The number of aliphatic hydroxyl groups is 1.